The van der Waals surface area contributed by atoms with Crippen LogP contribution in [0.15, 0.2) is 35.9 Å². The molecule has 0 bridgehead atoms. The Morgan fingerprint density at radius 3 is 2.46 bits per heavy atom. The molecule has 24 heavy (non-hydrogen) atoms. The number of benzene rings is 1. The van der Waals surface area contributed by atoms with Crippen molar-refractivity contribution in [2.45, 2.75) is 45.8 Å². The largest absolute Gasteiger partial charge is 0.491 e. The number of pyridine rings is 1. The third-order valence-corrected chi connectivity index (χ3v) is 5.51. The van der Waals surface area contributed by atoms with Crippen LogP contribution in [0.5, 0.6) is 0 Å². The van der Waals surface area contributed by atoms with Gasteiger partial charge in [-0.15, -0.1) is 0 Å². The number of aromatic nitrogens is 1. The van der Waals surface area contributed by atoms with Gasteiger partial charge in [0.15, 0.2) is 0 Å². The Hall–Kier alpha value is -1.30. The molecular weight excluding hydrogens is 317 g/mol. The van der Waals surface area contributed by atoms with Crippen LogP contribution in [0, 0.1) is 6.92 Å². The monoisotopic (exact) mass is 341 g/mol. The van der Waals surface area contributed by atoms with Crippen molar-refractivity contribution < 1.29 is 9.31 Å². The van der Waals surface area contributed by atoms with Gasteiger partial charge < -0.3 is 9.31 Å². The van der Waals surface area contributed by atoms with Crippen molar-refractivity contribution in [3.63, 3.8) is 0 Å². The van der Waals surface area contributed by atoms with Crippen LogP contribution in [0.2, 0.25) is 0 Å². The molecule has 5 heteroatoms. The maximum Gasteiger partial charge on any atom is 0.491 e. The van der Waals surface area contributed by atoms with Crippen LogP contribution in [0.4, 0.5) is 0 Å². The molecule has 0 atom stereocenters. The van der Waals surface area contributed by atoms with Crippen molar-refractivity contribution in [1.82, 2.24) is 4.98 Å². The lowest BCUT2D eigenvalue weighted by Crippen LogP contribution is -2.41. The lowest BCUT2D eigenvalue weighted by molar-refractivity contribution is 0.00578. The highest BCUT2D eigenvalue weighted by atomic mass is 32.1. The van der Waals surface area contributed by atoms with Crippen LogP contribution in [-0.2, 0) is 9.31 Å². The molecule has 1 fully saturated rings. The smallest absolute Gasteiger partial charge is 0.400 e. The summed E-state index contributed by atoms with van der Waals surface area (Å²) >= 11 is 4.50. The highest BCUT2D eigenvalue weighted by molar-refractivity contribution is 7.80. The summed E-state index contributed by atoms with van der Waals surface area (Å²) in [6.45, 7) is 10.4. The molecule has 2 heterocycles. The highest BCUT2D eigenvalue weighted by Gasteiger charge is 2.52. The minimum absolute atomic E-state index is 0.348. The van der Waals surface area contributed by atoms with E-state index in [0.717, 1.165) is 27.5 Å². The summed E-state index contributed by atoms with van der Waals surface area (Å²) in [6.07, 6.45) is 3.95. The van der Waals surface area contributed by atoms with E-state index in [1.807, 2.05) is 12.3 Å². The van der Waals surface area contributed by atoms with Gasteiger partial charge in [0.25, 0.3) is 0 Å². The molecule has 0 amide bonds. The molecule has 0 unspecified atom stereocenters. The number of thiol groups is 1. The number of hydrogen-bond donors (Lipinski definition) is 1. The first-order valence-electron chi connectivity index (χ1n) is 8.26. The Morgan fingerprint density at radius 1 is 1.17 bits per heavy atom. The predicted octanol–water partition coefficient (Wildman–Crippen LogP) is 4.49. The van der Waals surface area contributed by atoms with E-state index in [-0.39, 0.29) is 18.3 Å². The second-order valence-electron chi connectivity index (χ2n) is 7.32. The first-order chi connectivity index (χ1) is 11.2. The van der Waals surface area contributed by atoms with Crippen molar-refractivity contribution >= 4 is 36.7 Å². The van der Waals surface area contributed by atoms with E-state index in [0.29, 0.717) is 5.75 Å². The normalized spacial score (nSPS) is 19.9. The maximum atomic E-state index is 6.16. The number of nitrogens with zero attached hydrogens (tertiary/aromatic N) is 1. The van der Waals surface area contributed by atoms with Crippen molar-refractivity contribution in [2.24, 2.45) is 0 Å². The van der Waals surface area contributed by atoms with Gasteiger partial charge in [-0.05, 0) is 57.3 Å². The van der Waals surface area contributed by atoms with Gasteiger partial charge in [0.05, 0.1) is 16.7 Å². The topological polar surface area (TPSA) is 31.4 Å². The van der Waals surface area contributed by atoms with E-state index in [4.69, 9.17) is 9.31 Å². The van der Waals surface area contributed by atoms with Crippen molar-refractivity contribution in [1.29, 1.82) is 0 Å². The Bertz CT molecular complexity index is 785. The highest BCUT2D eigenvalue weighted by Crippen LogP contribution is 2.39. The number of hydrogen-bond acceptors (Lipinski definition) is 4. The number of fused-ring (bicyclic) bond motifs is 1. The zero-order chi connectivity index (χ0) is 17.5. The van der Waals surface area contributed by atoms with Crippen molar-refractivity contribution in [3.05, 3.63) is 47.1 Å². The van der Waals surface area contributed by atoms with Crippen molar-refractivity contribution in [3.8, 4) is 0 Å². The zero-order valence-electron chi connectivity index (χ0n) is 15.0. The third-order valence-electron chi connectivity index (χ3n) is 5.15. The van der Waals surface area contributed by atoms with Gasteiger partial charge in [-0.25, -0.2) is 0 Å². The molecule has 0 saturated carbocycles. The summed E-state index contributed by atoms with van der Waals surface area (Å²) in [5.41, 5.74) is 3.64. The molecule has 2 aromatic rings. The third kappa shape index (κ3) is 3.01. The minimum atomic E-state index is -0.369. The Balaban J connectivity index is 1.99. The predicted molar refractivity (Wildman–Crippen MR) is 104 cm³/mol. The van der Waals surface area contributed by atoms with E-state index in [9.17, 15) is 0 Å². The molecule has 0 spiro atoms. The summed E-state index contributed by atoms with van der Waals surface area (Å²) in [7, 11) is -0.369. The van der Waals surface area contributed by atoms with Crippen LogP contribution in [0.25, 0.3) is 17.0 Å². The van der Waals surface area contributed by atoms with Gasteiger partial charge in [0, 0.05) is 17.3 Å². The van der Waals surface area contributed by atoms with Gasteiger partial charge in [0.1, 0.15) is 0 Å². The SMILES string of the molecule is Cc1c(C=C(CS)B2OC(C)(C)C(C)(C)O2)ccc2cccnc12. The van der Waals surface area contributed by atoms with Gasteiger partial charge in [-0.3, -0.25) is 4.98 Å². The standard InChI is InChI=1S/C19H24BNO2S/c1-13-15(9-8-14-7-6-10-21-17(13)14)11-16(12-24)20-22-18(2,3)19(4,5)23-20/h6-11,24H,12H2,1-5H3. The van der Waals surface area contributed by atoms with Gasteiger partial charge >= 0.3 is 7.12 Å². The van der Waals surface area contributed by atoms with E-state index in [1.54, 1.807) is 0 Å². The van der Waals surface area contributed by atoms with E-state index in [2.05, 4.69) is 76.5 Å². The molecule has 0 radical (unpaired) electrons. The summed E-state index contributed by atoms with van der Waals surface area (Å²) < 4.78 is 12.3. The van der Waals surface area contributed by atoms with Crippen LogP contribution >= 0.6 is 12.6 Å². The summed E-state index contributed by atoms with van der Waals surface area (Å²) in [5, 5.41) is 1.15. The lowest BCUT2D eigenvalue weighted by Gasteiger charge is -2.32. The molecule has 1 aromatic heterocycles. The first kappa shape index (κ1) is 17.5. The molecule has 3 rings (SSSR count). The molecular formula is C19H24BNO2S. The summed E-state index contributed by atoms with van der Waals surface area (Å²) in [6, 6.07) is 8.26. The fraction of sp³-hybridized carbons (Fsp3) is 0.421. The quantitative estimate of drug-likeness (QED) is 0.659. The molecule has 1 saturated heterocycles. The lowest BCUT2D eigenvalue weighted by atomic mass is 9.78. The van der Waals surface area contributed by atoms with Crippen LogP contribution in [0.1, 0.15) is 38.8 Å². The fourth-order valence-electron chi connectivity index (χ4n) is 2.85. The Labute approximate surface area is 150 Å². The molecule has 1 aromatic carbocycles. The van der Waals surface area contributed by atoms with E-state index >= 15 is 0 Å². The average molecular weight is 341 g/mol. The van der Waals surface area contributed by atoms with Gasteiger partial charge in [0.2, 0.25) is 0 Å². The van der Waals surface area contributed by atoms with E-state index < -0.39 is 0 Å². The maximum absolute atomic E-state index is 6.16. The van der Waals surface area contributed by atoms with Crippen LogP contribution < -0.4 is 0 Å². The summed E-state index contributed by atoms with van der Waals surface area (Å²) in [4.78, 5) is 4.51. The van der Waals surface area contributed by atoms with Gasteiger partial charge in [-0.1, -0.05) is 24.3 Å². The Morgan fingerprint density at radius 2 is 1.83 bits per heavy atom. The average Bonchev–Trinajstić information content (AvgIpc) is 2.75. The zero-order valence-corrected chi connectivity index (χ0v) is 15.9. The molecule has 126 valence electrons. The number of rotatable bonds is 3. The molecule has 3 nitrogen and oxygen atoms in total. The minimum Gasteiger partial charge on any atom is -0.400 e. The second-order valence-corrected chi connectivity index (χ2v) is 7.64. The fourth-order valence-corrected chi connectivity index (χ4v) is 3.09. The molecule has 0 aliphatic carbocycles. The van der Waals surface area contributed by atoms with E-state index in [1.165, 1.54) is 0 Å². The molecule has 1 aliphatic rings. The summed E-state index contributed by atoms with van der Waals surface area (Å²) in [5.74, 6) is 0.580. The Kier molecular flexibility index (Phi) is 4.54. The second kappa shape index (κ2) is 6.21. The first-order valence-corrected chi connectivity index (χ1v) is 8.90. The molecule has 0 N–H and O–H groups in total. The number of aryl methyl sites for hydroxylation is 1. The van der Waals surface area contributed by atoms with Crippen LogP contribution in [-0.4, -0.2) is 29.1 Å². The van der Waals surface area contributed by atoms with Gasteiger partial charge in [-0.2, -0.15) is 12.6 Å². The van der Waals surface area contributed by atoms with Crippen LogP contribution in [0.3, 0.4) is 0 Å². The van der Waals surface area contributed by atoms with Crippen molar-refractivity contribution in [2.75, 3.05) is 5.75 Å². The molecule has 1 aliphatic heterocycles.